The Labute approximate surface area is 132 Å². The van der Waals surface area contributed by atoms with Crippen molar-refractivity contribution in [2.24, 2.45) is 23.3 Å². The molecule has 1 saturated heterocycles. The Hall–Kier alpha value is -1.01. The van der Waals surface area contributed by atoms with Gasteiger partial charge in [0.05, 0.1) is 5.92 Å². The van der Waals surface area contributed by atoms with E-state index in [-0.39, 0.29) is 30.3 Å². The van der Waals surface area contributed by atoms with E-state index >= 15 is 0 Å². The Morgan fingerprint density at radius 3 is 2.52 bits per heavy atom. The van der Waals surface area contributed by atoms with Gasteiger partial charge in [0.15, 0.2) is 0 Å². The van der Waals surface area contributed by atoms with E-state index in [9.17, 15) is 9.59 Å². The first-order valence-electron chi connectivity index (χ1n) is 7.66. The van der Waals surface area contributed by atoms with Gasteiger partial charge >= 0.3 is 6.03 Å². The second-order valence-corrected chi connectivity index (χ2v) is 6.02. The average molecular weight is 319 g/mol. The van der Waals surface area contributed by atoms with Crippen molar-refractivity contribution in [3.05, 3.63) is 0 Å². The molecular formula is C14H27ClN4O2. The Kier molecular flexibility index (Phi) is 7.25. The summed E-state index contributed by atoms with van der Waals surface area (Å²) < 4.78 is 0. The van der Waals surface area contributed by atoms with Gasteiger partial charge in [-0.1, -0.05) is 12.8 Å². The number of hydrogen-bond acceptors (Lipinski definition) is 3. The SMILES string of the molecule is Cl.NCC1CCCCC1NC(=O)C1CCCN(C(N)=O)C1. The van der Waals surface area contributed by atoms with Gasteiger partial charge in [-0.05, 0) is 38.1 Å². The molecule has 2 aliphatic rings. The fourth-order valence-corrected chi connectivity index (χ4v) is 3.37. The number of hydrogen-bond donors (Lipinski definition) is 3. The normalized spacial score (nSPS) is 29.4. The van der Waals surface area contributed by atoms with Crippen LogP contribution in [-0.2, 0) is 4.79 Å². The summed E-state index contributed by atoms with van der Waals surface area (Å²) in [6, 6.07) is -0.231. The molecule has 5 N–H and O–H groups in total. The monoisotopic (exact) mass is 318 g/mol. The highest BCUT2D eigenvalue weighted by molar-refractivity contribution is 5.85. The van der Waals surface area contributed by atoms with Crippen LogP contribution in [0.15, 0.2) is 0 Å². The molecule has 0 aromatic heterocycles. The Morgan fingerprint density at radius 2 is 1.86 bits per heavy atom. The van der Waals surface area contributed by atoms with Gasteiger partial charge in [0.25, 0.3) is 0 Å². The predicted molar refractivity (Wildman–Crippen MR) is 84.1 cm³/mol. The lowest BCUT2D eigenvalue weighted by atomic mass is 9.84. The van der Waals surface area contributed by atoms with Gasteiger partial charge < -0.3 is 21.7 Å². The number of carbonyl (C=O) groups excluding carboxylic acids is 2. The summed E-state index contributed by atoms with van der Waals surface area (Å²) in [6.07, 6.45) is 6.13. The molecule has 1 saturated carbocycles. The molecule has 1 aliphatic carbocycles. The lowest BCUT2D eigenvalue weighted by Crippen LogP contribution is -2.51. The topological polar surface area (TPSA) is 101 Å². The predicted octanol–water partition coefficient (Wildman–Crippen LogP) is 0.833. The lowest BCUT2D eigenvalue weighted by molar-refractivity contribution is -0.127. The van der Waals surface area contributed by atoms with Crippen LogP contribution >= 0.6 is 12.4 Å². The quantitative estimate of drug-likeness (QED) is 0.718. The fraction of sp³-hybridized carbons (Fsp3) is 0.857. The summed E-state index contributed by atoms with van der Waals surface area (Å²) in [6.45, 7) is 1.73. The van der Waals surface area contributed by atoms with Gasteiger partial charge in [-0.3, -0.25) is 4.79 Å². The number of carbonyl (C=O) groups is 2. The summed E-state index contributed by atoms with van der Waals surface area (Å²) in [4.78, 5) is 25.1. The molecule has 7 heteroatoms. The van der Waals surface area contributed by atoms with Crippen LogP contribution in [0.25, 0.3) is 0 Å². The van der Waals surface area contributed by atoms with Crippen LogP contribution in [0.3, 0.4) is 0 Å². The first-order valence-corrected chi connectivity index (χ1v) is 7.66. The number of halogens is 1. The molecule has 1 heterocycles. The van der Waals surface area contributed by atoms with Crippen molar-refractivity contribution in [1.82, 2.24) is 10.2 Å². The van der Waals surface area contributed by atoms with E-state index in [1.807, 2.05) is 0 Å². The van der Waals surface area contributed by atoms with E-state index in [0.29, 0.717) is 25.6 Å². The first-order chi connectivity index (χ1) is 9.61. The Morgan fingerprint density at radius 1 is 1.14 bits per heavy atom. The van der Waals surface area contributed by atoms with E-state index in [0.717, 1.165) is 32.1 Å². The number of nitrogens with zero attached hydrogens (tertiary/aromatic N) is 1. The number of primary amides is 1. The van der Waals surface area contributed by atoms with Crippen LogP contribution in [-0.4, -0.2) is 42.5 Å². The third-order valence-corrected chi connectivity index (χ3v) is 4.64. The maximum atomic E-state index is 12.4. The molecule has 3 amide bonds. The zero-order valence-electron chi connectivity index (χ0n) is 12.4. The molecular weight excluding hydrogens is 292 g/mol. The first kappa shape index (κ1) is 18.0. The zero-order valence-corrected chi connectivity index (χ0v) is 13.2. The third kappa shape index (κ3) is 4.74. The average Bonchev–Trinajstić information content (AvgIpc) is 2.48. The van der Waals surface area contributed by atoms with Crippen LogP contribution in [0.5, 0.6) is 0 Å². The summed E-state index contributed by atoms with van der Waals surface area (Å²) >= 11 is 0. The van der Waals surface area contributed by atoms with E-state index in [2.05, 4.69) is 5.32 Å². The van der Waals surface area contributed by atoms with E-state index < -0.39 is 6.03 Å². The number of amides is 3. The van der Waals surface area contributed by atoms with Crippen LogP contribution in [0.1, 0.15) is 38.5 Å². The van der Waals surface area contributed by atoms with Gasteiger partial charge in [-0.2, -0.15) is 0 Å². The maximum absolute atomic E-state index is 12.4. The molecule has 0 aromatic carbocycles. The second-order valence-electron chi connectivity index (χ2n) is 6.02. The highest BCUT2D eigenvalue weighted by atomic mass is 35.5. The van der Waals surface area contributed by atoms with Crippen LogP contribution in [0, 0.1) is 11.8 Å². The van der Waals surface area contributed by atoms with Gasteiger partial charge in [-0.25, -0.2) is 4.79 Å². The van der Waals surface area contributed by atoms with Crippen molar-refractivity contribution in [3.63, 3.8) is 0 Å². The number of nitrogens with one attached hydrogen (secondary N) is 1. The zero-order chi connectivity index (χ0) is 14.5. The fourth-order valence-electron chi connectivity index (χ4n) is 3.37. The molecule has 122 valence electrons. The molecule has 21 heavy (non-hydrogen) atoms. The van der Waals surface area contributed by atoms with Crippen molar-refractivity contribution in [2.45, 2.75) is 44.6 Å². The standard InChI is InChI=1S/C14H26N4O2.ClH/c15-8-10-4-1-2-6-12(10)17-13(19)11-5-3-7-18(9-11)14(16)20;/h10-12H,1-9,15H2,(H2,16,20)(H,17,19);1H. The molecule has 0 bridgehead atoms. The van der Waals surface area contributed by atoms with Crippen molar-refractivity contribution >= 4 is 24.3 Å². The van der Waals surface area contributed by atoms with Gasteiger partial charge in [0.2, 0.25) is 5.91 Å². The largest absolute Gasteiger partial charge is 0.353 e. The lowest BCUT2D eigenvalue weighted by Gasteiger charge is -2.35. The molecule has 2 fully saturated rings. The smallest absolute Gasteiger partial charge is 0.314 e. The minimum Gasteiger partial charge on any atom is -0.353 e. The molecule has 1 aliphatic heterocycles. The summed E-state index contributed by atoms with van der Waals surface area (Å²) in [5.74, 6) is 0.321. The van der Waals surface area contributed by atoms with Crippen molar-refractivity contribution in [3.8, 4) is 0 Å². The van der Waals surface area contributed by atoms with Crippen molar-refractivity contribution < 1.29 is 9.59 Å². The number of rotatable bonds is 3. The molecule has 2 rings (SSSR count). The summed E-state index contributed by atoms with van der Waals surface area (Å²) in [5, 5.41) is 3.15. The van der Waals surface area contributed by atoms with E-state index in [4.69, 9.17) is 11.5 Å². The number of likely N-dealkylation sites (tertiary alicyclic amines) is 1. The minimum atomic E-state index is -0.431. The van der Waals surface area contributed by atoms with Gasteiger partial charge in [0.1, 0.15) is 0 Å². The van der Waals surface area contributed by atoms with Crippen LogP contribution < -0.4 is 16.8 Å². The van der Waals surface area contributed by atoms with E-state index in [1.54, 1.807) is 4.90 Å². The molecule has 3 atom stereocenters. The molecule has 0 spiro atoms. The maximum Gasteiger partial charge on any atom is 0.314 e. The summed E-state index contributed by atoms with van der Waals surface area (Å²) in [5.41, 5.74) is 11.1. The minimum absolute atomic E-state index is 0. The Bertz CT molecular complexity index is 367. The molecule has 3 unspecified atom stereocenters. The Balaban J connectivity index is 0.00000220. The van der Waals surface area contributed by atoms with Crippen LogP contribution in [0.4, 0.5) is 4.79 Å². The van der Waals surface area contributed by atoms with E-state index in [1.165, 1.54) is 6.42 Å². The van der Waals surface area contributed by atoms with Gasteiger partial charge in [-0.15, -0.1) is 12.4 Å². The third-order valence-electron chi connectivity index (χ3n) is 4.64. The number of nitrogens with two attached hydrogens (primary N) is 2. The van der Waals surface area contributed by atoms with Gasteiger partial charge in [0, 0.05) is 19.1 Å². The molecule has 0 aromatic rings. The highest BCUT2D eigenvalue weighted by Gasteiger charge is 2.31. The highest BCUT2D eigenvalue weighted by Crippen LogP contribution is 2.24. The van der Waals surface area contributed by atoms with Crippen molar-refractivity contribution in [2.75, 3.05) is 19.6 Å². The number of urea groups is 1. The molecule has 0 radical (unpaired) electrons. The number of piperidine rings is 1. The van der Waals surface area contributed by atoms with Crippen LogP contribution in [0.2, 0.25) is 0 Å². The second kappa shape index (κ2) is 8.44. The summed E-state index contributed by atoms with van der Waals surface area (Å²) in [7, 11) is 0. The van der Waals surface area contributed by atoms with Crippen molar-refractivity contribution in [1.29, 1.82) is 0 Å². The molecule has 6 nitrogen and oxygen atoms in total.